The predicted octanol–water partition coefficient (Wildman–Crippen LogP) is 2.19. The summed E-state index contributed by atoms with van der Waals surface area (Å²) in [6, 6.07) is 2.78. The van der Waals surface area contributed by atoms with Gasteiger partial charge < -0.3 is 14.3 Å². The van der Waals surface area contributed by atoms with Gasteiger partial charge in [0.15, 0.2) is 0 Å². The molecule has 0 atom stereocenters. The molecule has 2 amide bonds. The number of amides is 2. The number of benzene rings is 1. The lowest BCUT2D eigenvalue weighted by molar-refractivity contribution is -0.385. The summed E-state index contributed by atoms with van der Waals surface area (Å²) < 4.78 is 18.8. The molecule has 3 rings (SSSR count). The van der Waals surface area contributed by atoms with E-state index in [9.17, 15) is 24.1 Å². The van der Waals surface area contributed by atoms with Crippen LogP contribution >= 0.6 is 0 Å². The molecule has 9 nitrogen and oxygen atoms in total. The topological polar surface area (TPSA) is 110 Å². The number of rotatable bonds is 4. The van der Waals surface area contributed by atoms with Crippen molar-refractivity contribution in [2.24, 2.45) is 0 Å². The molecule has 0 spiro atoms. The molecule has 1 saturated heterocycles. The molecular weight excluding hydrogens is 371 g/mol. The second-order valence-corrected chi connectivity index (χ2v) is 6.48. The number of nitro benzene ring substituents is 1. The lowest BCUT2D eigenvalue weighted by Gasteiger charge is -2.34. The number of hydrogen-bond acceptors (Lipinski definition) is 6. The van der Waals surface area contributed by atoms with E-state index in [1.807, 2.05) is 6.92 Å². The SMILES string of the molecule is CCc1noc(C(=O)N2CCN(C(=O)c3cc(F)cc([N+](=O)[O-])c3)CC2)c1C. The zero-order chi connectivity index (χ0) is 20.4. The van der Waals surface area contributed by atoms with Gasteiger partial charge in [-0.25, -0.2) is 4.39 Å². The molecule has 2 heterocycles. The zero-order valence-corrected chi connectivity index (χ0v) is 15.5. The first-order valence-electron chi connectivity index (χ1n) is 8.80. The average Bonchev–Trinajstić information content (AvgIpc) is 3.06. The molecule has 10 heteroatoms. The van der Waals surface area contributed by atoms with Crippen LogP contribution in [0.4, 0.5) is 10.1 Å². The van der Waals surface area contributed by atoms with E-state index in [1.165, 1.54) is 4.90 Å². The third kappa shape index (κ3) is 3.71. The largest absolute Gasteiger partial charge is 0.350 e. The Morgan fingerprint density at radius 3 is 2.32 bits per heavy atom. The van der Waals surface area contributed by atoms with Crippen LogP contribution in [0.2, 0.25) is 0 Å². The van der Waals surface area contributed by atoms with Gasteiger partial charge in [-0.05, 0) is 19.4 Å². The molecule has 1 fully saturated rings. The fourth-order valence-corrected chi connectivity index (χ4v) is 3.14. The maximum Gasteiger partial charge on any atom is 0.292 e. The predicted molar refractivity (Wildman–Crippen MR) is 95.5 cm³/mol. The van der Waals surface area contributed by atoms with Gasteiger partial charge in [0.05, 0.1) is 16.7 Å². The first-order valence-corrected chi connectivity index (χ1v) is 8.80. The number of piperazine rings is 1. The van der Waals surface area contributed by atoms with Gasteiger partial charge in [0, 0.05) is 43.4 Å². The van der Waals surface area contributed by atoms with Crippen LogP contribution in [0, 0.1) is 22.9 Å². The molecule has 0 N–H and O–H groups in total. The molecule has 0 radical (unpaired) electrons. The van der Waals surface area contributed by atoms with Crippen LogP contribution < -0.4 is 0 Å². The average molecular weight is 390 g/mol. The number of carbonyl (C=O) groups excluding carboxylic acids is 2. The van der Waals surface area contributed by atoms with E-state index in [1.54, 1.807) is 11.8 Å². The third-order valence-corrected chi connectivity index (χ3v) is 4.74. The number of non-ortho nitro benzene ring substituents is 1. The Labute approximate surface area is 159 Å². The van der Waals surface area contributed by atoms with Crippen LogP contribution in [0.5, 0.6) is 0 Å². The van der Waals surface area contributed by atoms with Crippen molar-refractivity contribution in [2.75, 3.05) is 26.2 Å². The molecule has 0 unspecified atom stereocenters. The monoisotopic (exact) mass is 390 g/mol. The number of carbonyl (C=O) groups is 2. The summed E-state index contributed by atoms with van der Waals surface area (Å²) >= 11 is 0. The minimum Gasteiger partial charge on any atom is -0.350 e. The Hall–Kier alpha value is -3.30. The van der Waals surface area contributed by atoms with Crippen LogP contribution in [0.3, 0.4) is 0 Å². The Kier molecular flexibility index (Phi) is 5.39. The molecular formula is C18H19FN4O5. The van der Waals surface area contributed by atoms with E-state index < -0.39 is 22.3 Å². The number of aromatic nitrogens is 1. The van der Waals surface area contributed by atoms with Crippen LogP contribution in [-0.2, 0) is 6.42 Å². The van der Waals surface area contributed by atoms with Crippen LogP contribution in [-0.4, -0.2) is 57.9 Å². The smallest absolute Gasteiger partial charge is 0.292 e. The van der Waals surface area contributed by atoms with E-state index in [2.05, 4.69) is 5.16 Å². The van der Waals surface area contributed by atoms with Crippen molar-refractivity contribution in [2.45, 2.75) is 20.3 Å². The maximum absolute atomic E-state index is 13.6. The van der Waals surface area contributed by atoms with Crippen LogP contribution in [0.25, 0.3) is 0 Å². The Morgan fingerprint density at radius 1 is 1.18 bits per heavy atom. The first kappa shape index (κ1) is 19.5. The highest BCUT2D eigenvalue weighted by atomic mass is 19.1. The van der Waals surface area contributed by atoms with Gasteiger partial charge in [0.1, 0.15) is 5.82 Å². The molecule has 2 aromatic rings. The molecule has 1 aromatic carbocycles. The van der Waals surface area contributed by atoms with E-state index in [0.29, 0.717) is 12.0 Å². The highest BCUT2D eigenvalue weighted by molar-refractivity contribution is 5.96. The summed E-state index contributed by atoms with van der Waals surface area (Å²) in [6.07, 6.45) is 0.657. The molecule has 0 saturated carbocycles. The van der Waals surface area contributed by atoms with E-state index >= 15 is 0 Å². The Morgan fingerprint density at radius 2 is 1.79 bits per heavy atom. The number of nitrogens with zero attached hydrogens (tertiary/aromatic N) is 4. The van der Waals surface area contributed by atoms with Gasteiger partial charge in [-0.2, -0.15) is 0 Å². The summed E-state index contributed by atoms with van der Waals surface area (Å²) in [4.78, 5) is 38.3. The van der Waals surface area contributed by atoms with E-state index in [4.69, 9.17) is 4.52 Å². The van der Waals surface area contributed by atoms with Crippen molar-refractivity contribution in [1.82, 2.24) is 15.0 Å². The molecule has 1 aliphatic rings. The lowest BCUT2D eigenvalue weighted by atomic mass is 10.1. The van der Waals surface area contributed by atoms with E-state index in [-0.39, 0.29) is 43.4 Å². The Bertz CT molecular complexity index is 934. The fraction of sp³-hybridized carbons (Fsp3) is 0.389. The summed E-state index contributed by atoms with van der Waals surface area (Å²) in [5, 5.41) is 14.7. The normalized spacial score (nSPS) is 14.2. The van der Waals surface area contributed by atoms with Crippen LogP contribution in [0.1, 0.15) is 39.1 Å². The van der Waals surface area contributed by atoms with Gasteiger partial charge in [0.2, 0.25) is 5.76 Å². The molecule has 1 aromatic heterocycles. The minimum absolute atomic E-state index is 0.0925. The van der Waals surface area contributed by atoms with Crippen molar-refractivity contribution >= 4 is 17.5 Å². The van der Waals surface area contributed by atoms with Crippen molar-refractivity contribution in [1.29, 1.82) is 0 Å². The molecule has 28 heavy (non-hydrogen) atoms. The summed E-state index contributed by atoms with van der Waals surface area (Å²) in [6.45, 7) is 4.68. The van der Waals surface area contributed by atoms with E-state index in [0.717, 1.165) is 23.9 Å². The van der Waals surface area contributed by atoms with Crippen molar-refractivity contribution in [3.63, 3.8) is 0 Å². The highest BCUT2D eigenvalue weighted by Crippen LogP contribution is 2.20. The van der Waals surface area contributed by atoms with Gasteiger partial charge in [0.25, 0.3) is 17.5 Å². The molecule has 0 aliphatic carbocycles. The Balaban J connectivity index is 1.68. The quantitative estimate of drug-likeness (QED) is 0.585. The lowest BCUT2D eigenvalue weighted by Crippen LogP contribution is -2.50. The number of aryl methyl sites for hydroxylation is 1. The molecule has 0 bridgehead atoms. The summed E-state index contributed by atoms with van der Waals surface area (Å²) in [5.74, 6) is -1.46. The zero-order valence-electron chi connectivity index (χ0n) is 15.5. The van der Waals surface area contributed by atoms with Crippen molar-refractivity contribution in [3.8, 4) is 0 Å². The third-order valence-electron chi connectivity index (χ3n) is 4.74. The molecule has 148 valence electrons. The van der Waals surface area contributed by atoms with Gasteiger partial charge in [-0.3, -0.25) is 19.7 Å². The van der Waals surface area contributed by atoms with Gasteiger partial charge >= 0.3 is 0 Å². The van der Waals surface area contributed by atoms with Crippen molar-refractivity contribution < 1.29 is 23.4 Å². The maximum atomic E-state index is 13.6. The first-order chi connectivity index (χ1) is 13.3. The van der Waals surface area contributed by atoms with Crippen LogP contribution in [0.15, 0.2) is 22.7 Å². The number of halogens is 1. The molecule has 1 aliphatic heterocycles. The second-order valence-electron chi connectivity index (χ2n) is 6.48. The highest BCUT2D eigenvalue weighted by Gasteiger charge is 2.29. The van der Waals surface area contributed by atoms with Gasteiger partial charge in [-0.15, -0.1) is 0 Å². The van der Waals surface area contributed by atoms with Gasteiger partial charge in [-0.1, -0.05) is 12.1 Å². The standard InChI is InChI=1S/C18H19FN4O5/c1-3-15-11(2)16(28-20-15)18(25)22-6-4-21(5-7-22)17(24)12-8-13(19)10-14(9-12)23(26)27/h8-10H,3-7H2,1-2H3. The minimum atomic E-state index is -0.848. The van der Waals surface area contributed by atoms with Crippen molar-refractivity contribution in [3.05, 3.63) is 56.7 Å². The second kappa shape index (κ2) is 7.75. The summed E-state index contributed by atoms with van der Waals surface area (Å²) in [7, 11) is 0. The summed E-state index contributed by atoms with van der Waals surface area (Å²) in [5.41, 5.74) is 0.859. The number of hydrogen-bond donors (Lipinski definition) is 0. The number of nitro groups is 1. The fourth-order valence-electron chi connectivity index (χ4n) is 3.14.